The summed E-state index contributed by atoms with van der Waals surface area (Å²) in [5.74, 6) is -0.715. The lowest BCUT2D eigenvalue weighted by atomic mass is 10.1. The van der Waals surface area contributed by atoms with E-state index < -0.39 is 11.4 Å². The minimum absolute atomic E-state index is 0.280. The summed E-state index contributed by atoms with van der Waals surface area (Å²) in [4.78, 5) is 32.3. The van der Waals surface area contributed by atoms with E-state index in [-0.39, 0.29) is 12.5 Å². The number of H-pyrrole nitrogens is 1. The van der Waals surface area contributed by atoms with Crippen LogP contribution in [0.4, 0.5) is 0 Å². The molecule has 6 nitrogen and oxygen atoms in total. The summed E-state index contributed by atoms with van der Waals surface area (Å²) in [6, 6.07) is 7.60. The number of aromatic nitrogens is 2. The lowest BCUT2D eigenvalue weighted by molar-refractivity contribution is -0.153. The molecule has 1 aromatic carbocycles. The highest BCUT2D eigenvalue weighted by Crippen LogP contribution is 2.47. The molecule has 1 saturated carbocycles. The van der Waals surface area contributed by atoms with E-state index in [0.29, 0.717) is 18.7 Å². The van der Waals surface area contributed by atoms with Gasteiger partial charge in [0.25, 0.3) is 0 Å². The van der Waals surface area contributed by atoms with Gasteiger partial charge in [-0.1, -0.05) is 12.1 Å². The van der Waals surface area contributed by atoms with Crippen LogP contribution in [-0.4, -0.2) is 38.9 Å². The van der Waals surface area contributed by atoms with Gasteiger partial charge in [-0.25, -0.2) is 4.98 Å². The zero-order chi connectivity index (χ0) is 14.3. The summed E-state index contributed by atoms with van der Waals surface area (Å²) in [5.41, 5.74) is 0.547. The molecule has 0 unspecified atom stereocenters. The van der Waals surface area contributed by atoms with E-state index in [4.69, 9.17) is 5.11 Å². The van der Waals surface area contributed by atoms with Crippen LogP contribution in [0.3, 0.4) is 0 Å². The number of carboxylic acids is 1. The summed E-state index contributed by atoms with van der Waals surface area (Å²) in [6.07, 6.45) is 0.845. The number of carbonyl (C=O) groups excluding carboxylic acids is 1. The van der Waals surface area contributed by atoms with Crippen molar-refractivity contribution >= 4 is 22.9 Å². The summed E-state index contributed by atoms with van der Waals surface area (Å²) >= 11 is 0. The Morgan fingerprint density at radius 2 is 2.10 bits per heavy atom. The molecule has 1 aliphatic carbocycles. The predicted octanol–water partition coefficient (Wildman–Crippen LogP) is 1.39. The van der Waals surface area contributed by atoms with E-state index in [0.717, 1.165) is 11.0 Å². The normalized spacial score (nSPS) is 16.1. The van der Waals surface area contributed by atoms with E-state index in [9.17, 15) is 9.59 Å². The molecular weight excluding hydrogens is 258 g/mol. The van der Waals surface area contributed by atoms with Crippen LogP contribution in [-0.2, 0) is 16.1 Å². The van der Waals surface area contributed by atoms with Crippen molar-refractivity contribution in [1.29, 1.82) is 0 Å². The highest BCUT2D eigenvalue weighted by atomic mass is 16.4. The van der Waals surface area contributed by atoms with E-state index in [1.165, 1.54) is 4.90 Å². The fraction of sp³-hybridized carbons (Fsp3) is 0.357. The standard InChI is InChI=1S/C14H15N3O3/c1-17(12(18)14(6-7-14)13(19)20)8-11-15-9-4-2-3-5-10(9)16-11/h2-5H,6-8H2,1H3,(H,15,16)(H,19,20). The van der Waals surface area contributed by atoms with E-state index in [2.05, 4.69) is 9.97 Å². The van der Waals surface area contributed by atoms with Gasteiger partial charge in [-0.05, 0) is 25.0 Å². The fourth-order valence-corrected chi connectivity index (χ4v) is 2.39. The average molecular weight is 273 g/mol. The third kappa shape index (κ3) is 1.93. The number of aromatic amines is 1. The second-order valence-corrected chi connectivity index (χ2v) is 5.25. The van der Waals surface area contributed by atoms with Crippen LogP contribution in [0.25, 0.3) is 11.0 Å². The van der Waals surface area contributed by atoms with Crippen LogP contribution in [0.15, 0.2) is 24.3 Å². The molecule has 1 aliphatic rings. The lowest BCUT2D eigenvalue weighted by Gasteiger charge is -2.19. The van der Waals surface area contributed by atoms with Crippen molar-refractivity contribution in [3.8, 4) is 0 Å². The first-order valence-corrected chi connectivity index (χ1v) is 6.45. The molecule has 1 aromatic heterocycles. The Morgan fingerprint density at radius 3 is 2.70 bits per heavy atom. The predicted molar refractivity (Wildman–Crippen MR) is 71.9 cm³/mol. The SMILES string of the molecule is CN(Cc1nc2ccccc2[nH]1)C(=O)C1(C(=O)O)CC1. The maximum atomic E-state index is 12.2. The second-order valence-electron chi connectivity index (χ2n) is 5.25. The molecule has 6 heteroatoms. The Morgan fingerprint density at radius 1 is 1.40 bits per heavy atom. The Balaban J connectivity index is 1.77. The molecule has 1 amide bonds. The first-order chi connectivity index (χ1) is 9.53. The van der Waals surface area contributed by atoms with Crippen molar-refractivity contribution in [2.75, 3.05) is 7.05 Å². The van der Waals surface area contributed by atoms with Gasteiger partial charge in [0.05, 0.1) is 17.6 Å². The van der Waals surface area contributed by atoms with Crippen LogP contribution in [0, 0.1) is 5.41 Å². The summed E-state index contributed by atoms with van der Waals surface area (Å²) < 4.78 is 0. The van der Waals surface area contributed by atoms with E-state index in [1.54, 1.807) is 7.05 Å². The number of carboxylic acid groups (broad SMARTS) is 1. The minimum atomic E-state index is -1.19. The number of amides is 1. The average Bonchev–Trinajstić information content (AvgIpc) is 3.13. The quantitative estimate of drug-likeness (QED) is 0.824. The van der Waals surface area contributed by atoms with Gasteiger partial charge in [0.2, 0.25) is 5.91 Å². The Bertz CT molecular complexity index is 655. The van der Waals surface area contributed by atoms with Crippen LogP contribution in [0.1, 0.15) is 18.7 Å². The number of aliphatic carboxylic acids is 1. The number of benzene rings is 1. The first-order valence-electron chi connectivity index (χ1n) is 6.45. The number of hydrogen-bond acceptors (Lipinski definition) is 3. The molecule has 2 aromatic rings. The Kier molecular flexibility index (Phi) is 2.74. The number of carbonyl (C=O) groups is 2. The number of para-hydroxylation sites is 2. The molecule has 1 heterocycles. The summed E-state index contributed by atoms with van der Waals surface area (Å²) in [7, 11) is 1.61. The largest absolute Gasteiger partial charge is 0.480 e. The maximum absolute atomic E-state index is 12.2. The van der Waals surface area contributed by atoms with Gasteiger partial charge in [-0.15, -0.1) is 0 Å². The molecule has 0 aliphatic heterocycles. The number of nitrogens with zero attached hydrogens (tertiary/aromatic N) is 2. The van der Waals surface area contributed by atoms with Gasteiger partial charge >= 0.3 is 5.97 Å². The number of imidazole rings is 1. The molecule has 104 valence electrons. The maximum Gasteiger partial charge on any atom is 0.319 e. The van der Waals surface area contributed by atoms with Gasteiger partial charge in [0, 0.05) is 7.05 Å². The molecule has 0 bridgehead atoms. The van der Waals surface area contributed by atoms with Gasteiger partial charge in [-0.2, -0.15) is 0 Å². The highest BCUT2D eigenvalue weighted by molar-refractivity contribution is 6.04. The van der Waals surface area contributed by atoms with Crippen molar-refractivity contribution in [2.45, 2.75) is 19.4 Å². The van der Waals surface area contributed by atoms with E-state index >= 15 is 0 Å². The molecule has 0 atom stereocenters. The van der Waals surface area contributed by atoms with Crippen molar-refractivity contribution in [1.82, 2.24) is 14.9 Å². The molecule has 0 spiro atoms. The van der Waals surface area contributed by atoms with Crippen molar-refractivity contribution in [3.05, 3.63) is 30.1 Å². The molecule has 2 N–H and O–H groups in total. The Hall–Kier alpha value is -2.37. The molecule has 20 heavy (non-hydrogen) atoms. The van der Waals surface area contributed by atoms with Crippen LogP contribution >= 0.6 is 0 Å². The monoisotopic (exact) mass is 273 g/mol. The van der Waals surface area contributed by atoms with Crippen molar-refractivity contribution in [3.63, 3.8) is 0 Å². The van der Waals surface area contributed by atoms with Gasteiger partial charge in [0.15, 0.2) is 0 Å². The molecular formula is C14H15N3O3. The second kappa shape index (κ2) is 4.33. The number of rotatable bonds is 4. The number of hydrogen-bond donors (Lipinski definition) is 2. The van der Waals surface area contributed by atoms with Crippen molar-refractivity contribution < 1.29 is 14.7 Å². The summed E-state index contributed by atoms with van der Waals surface area (Å²) in [5, 5.41) is 9.13. The zero-order valence-corrected chi connectivity index (χ0v) is 11.1. The van der Waals surface area contributed by atoms with E-state index in [1.807, 2.05) is 24.3 Å². The van der Waals surface area contributed by atoms with Crippen LogP contribution in [0.2, 0.25) is 0 Å². The topological polar surface area (TPSA) is 86.3 Å². The molecule has 3 rings (SSSR count). The van der Waals surface area contributed by atoms with Gasteiger partial charge in [0.1, 0.15) is 11.2 Å². The molecule has 0 saturated heterocycles. The Labute approximate surface area is 115 Å². The first kappa shape index (κ1) is 12.7. The summed E-state index contributed by atoms with van der Waals surface area (Å²) in [6.45, 7) is 0.280. The van der Waals surface area contributed by atoms with Crippen molar-refractivity contribution in [2.24, 2.45) is 5.41 Å². The van der Waals surface area contributed by atoms with Gasteiger partial charge < -0.3 is 15.0 Å². The van der Waals surface area contributed by atoms with Crippen LogP contribution in [0.5, 0.6) is 0 Å². The zero-order valence-electron chi connectivity index (χ0n) is 11.1. The number of nitrogens with one attached hydrogen (secondary N) is 1. The smallest absolute Gasteiger partial charge is 0.319 e. The third-order valence-corrected chi connectivity index (χ3v) is 3.74. The van der Waals surface area contributed by atoms with Gasteiger partial charge in [-0.3, -0.25) is 9.59 Å². The fourth-order valence-electron chi connectivity index (χ4n) is 2.39. The molecule has 1 fully saturated rings. The minimum Gasteiger partial charge on any atom is -0.480 e. The highest BCUT2D eigenvalue weighted by Gasteiger charge is 2.58. The lowest BCUT2D eigenvalue weighted by Crippen LogP contribution is -2.38. The number of fused-ring (bicyclic) bond motifs is 1. The molecule has 0 radical (unpaired) electrons. The van der Waals surface area contributed by atoms with Crippen LogP contribution < -0.4 is 0 Å². The third-order valence-electron chi connectivity index (χ3n) is 3.74.